The summed E-state index contributed by atoms with van der Waals surface area (Å²) in [6.07, 6.45) is 5.22. The van der Waals surface area contributed by atoms with Crippen molar-refractivity contribution >= 4 is 15.9 Å². The lowest BCUT2D eigenvalue weighted by atomic mass is 9.70. The molecule has 1 atom stereocenters. The van der Waals surface area contributed by atoms with Gasteiger partial charge in [-0.2, -0.15) is 0 Å². The van der Waals surface area contributed by atoms with Crippen LogP contribution in [0.25, 0.3) is 0 Å². The molecule has 0 amide bonds. The summed E-state index contributed by atoms with van der Waals surface area (Å²) in [7, 11) is 1.78. The van der Waals surface area contributed by atoms with E-state index in [0.29, 0.717) is 6.04 Å². The predicted molar refractivity (Wildman–Crippen MR) is 86.4 cm³/mol. The predicted octanol–water partition coefficient (Wildman–Crippen LogP) is 4.57. The molecule has 1 N–H and O–H groups in total. The van der Waals surface area contributed by atoms with Crippen molar-refractivity contribution in [2.75, 3.05) is 13.7 Å². The number of fused-ring (bicyclic) bond motifs is 1. The van der Waals surface area contributed by atoms with Gasteiger partial charge in [-0.15, -0.1) is 0 Å². The monoisotopic (exact) mass is 337 g/mol. The van der Waals surface area contributed by atoms with Gasteiger partial charge in [0, 0.05) is 16.1 Å². The van der Waals surface area contributed by atoms with Gasteiger partial charge in [0.1, 0.15) is 5.75 Å². The van der Waals surface area contributed by atoms with Crippen molar-refractivity contribution in [1.82, 2.24) is 5.32 Å². The molecular weight excluding hydrogens is 314 g/mol. The van der Waals surface area contributed by atoms with Gasteiger partial charge in [-0.25, -0.2) is 0 Å². The first kappa shape index (κ1) is 14.4. The van der Waals surface area contributed by atoms with Crippen LogP contribution in [0.1, 0.15) is 56.7 Å². The van der Waals surface area contributed by atoms with Crippen LogP contribution in [0.3, 0.4) is 0 Å². The van der Waals surface area contributed by atoms with Crippen LogP contribution in [-0.2, 0) is 5.41 Å². The van der Waals surface area contributed by atoms with Crippen molar-refractivity contribution in [3.05, 3.63) is 27.7 Å². The van der Waals surface area contributed by atoms with Gasteiger partial charge in [-0.3, -0.25) is 0 Å². The topological polar surface area (TPSA) is 21.3 Å². The largest absolute Gasteiger partial charge is 0.496 e. The summed E-state index contributed by atoms with van der Waals surface area (Å²) in [6, 6.07) is 4.83. The summed E-state index contributed by atoms with van der Waals surface area (Å²) in [4.78, 5) is 0. The van der Waals surface area contributed by atoms with E-state index in [9.17, 15) is 0 Å². The highest BCUT2D eigenvalue weighted by Gasteiger charge is 2.35. The highest BCUT2D eigenvalue weighted by atomic mass is 79.9. The van der Waals surface area contributed by atoms with Gasteiger partial charge in [0.25, 0.3) is 0 Å². The smallest absolute Gasteiger partial charge is 0.125 e. The molecule has 1 unspecified atom stereocenters. The molecule has 0 spiro atoms. The van der Waals surface area contributed by atoms with E-state index in [1.54, 1.807) is 7.11 Å². The van der Waals surface area contributed by atoms with Gasteiger partial charge in [-0.05, 0) is 61.3 Å². The number of rotatable bonds is 4. The molecule has 2 aliphatic carbocycles. The van der Waals surface area contributed by atoms with Crippen molar-refractivity contribution in [3.63, 3.8) is 0 Å². The zero-order chi connectivity index (χ0) is 14.3. The van der Waals surface area contributed by atoms with E-state index >= 15 is 0 Å². The Hall–Kier alpha value is -0.540. The minimum absolute atomic E-state index is 0.226. The fourth-order valence-electron chi connectivity index (χ4n) is 3.30. The Balaban J connectivity index is 1.97. The second kappa shape index (κ2) is 5.34. The van der Waals surface area contributed by atoms with Gasteiger partial charge >= 0.3 is 0 Å². The van der Waals surface area contributed by atoms with E-state index in [2.05, 4.69) is 47.2 Å². The lowest BCUT2D eigenvalue weighted by Crippen LogP contribution is -2.34. The minimum atomic E-state index is 0.226. The first-order chi connectivity index (χ1) is 9.51. The highest BCUT2D eigenvalue weighted by Crippen LogP contribution is 2.47. The maximum atomic E-state index is 5.67. The third-order valence-corrected chi connectivity index (χ3v) is 5.27. The highest BCUT2D eigenvalue weighted by molar-refractivity contribution is 9.10. The Morgan fingerprint density at radius 1 is 1.30 bits per heavy atom. The maximum absolute atomic E-state index is 5.67. The summed E-state index contributed by atoms with van der Waals surface area (Å²) in [5.41, 5.74) is 3.04. The Labute approximate surface area is 130 Å². The molecule has 0 bridgehead atoms. The fourth-order valence-corrected chi connectivity index (χ4v) is 3.74. The third kappa shape index (κ3) is 2.75. The Morgan fingerprint density at radius 2 is 2.05 bits per heavy atom. The molecule has 3 rings (SSSR count). The minimum Gasteiger partial charge on any atom is -0.496 e. The molecular formula is C17H24BrNO. The molecule has 110 valence electrons. The van der Waals surface area contributed by atoms with Gasteiger partial charge < -0.3 is 10.1 Å². The van der Waals surface area contributed by atoms with Crippen molar-refractivity contribution in [2.45, 2.75) is 51.0 Å². The molecule has 20 heavy (non-hydrogen) atoms. The average Bonchev–Trinajstić information content (AvgIpc) is 3.21. The van der Waals surface area contributed by atoms with Crippen LogP contribution in [-0.4, -0.2) is 13.7 Å². The summed E-state index contributed by atoms with van der Waals surface area (Å²) in [6.45, 7) is 5.84. The third-order valence-electron chi connectivity index (χ3n) is 4.81. The molecule has 1 aromatic rings. The fraction of sp³-hybridized carbons (Fsp3) is 0.647. The summed E-state index contributed by atoms with van der Waals surface area (Å²) >= 11 is 3.63. The van der Waals surface area contributed by atoms with Crippen LogP contribution in [0.5, 0.6) is 5.75 Å². The lowest BCUT2D eigenvalue weighted by Gasteiger charge is -2.38. The van der Waals surface area contributed by atoms with Crippen molar-refractivity contribution in [3.8, 4) is 5.75 Å². The molecule has 0 saturated heterocycles. The second-order valence-corrected chi connectivity index (χ2v) is 7.81. The molecule has 1 aromatic carbocycles. The Bertz CT molecular complexity index is 508. The van der Waals surface area contributed by atoms with Gasteiger partial charge in [0.15, 0.2) is 0 Å². The average molecular weight is 338 g/mol. The van der Waals surface area contributed by atoms with Crippen LogP contribution < -0.4 is 10.1 Å². The van der Waals surface area contributed by atoms with E-state index in [4.69, 9.17) is 4.74 Å². The molecule has 1 fully saturated rings. The zero-order valence-corrected chi connectivity index (χ0v) is 14.2. The number of ether oxygens (including phenoxy) is 1. The first-order valence-corrected chi connectivity index (χ1v) is 8.42. The quantitative estimate of drug-likeness (QED) is 0.868. The standard InChI is InChI=1S/C17H24BrNO/c1-17(2)7-6-14(19-10-11-4-5-11)16-13(17)8-12(18)9-15(16)20-3/h8-9,11,14,19H,4-7,10H2,1-3H3. The molecule has 0 aliphatic heterocycles. The molecule has 0 aromatic heterocycles. The van der Waals surface area contributed by atoms with E-state index in [1.165, 1.54) is 36.8 Å². The van der Waals surface area contributed by atoms with Crippen LogP contribution in [0.4, 0.5) is 0 Å². The number of hydrogen-bond acceptors (Lipinski definition) is 2. The number of halogens is 1. The van der Waals surface area contributed by atoms with Crippen LogP contribution in [0.2, 0.25) is 0 Å². The van der Waals surface area contributed by atoms with E-state index < -0.39 is 0 Å². The Morgan fingerprint density at radius 3 is 2.70 bits per heavy atom. The van der Waals surface area contributed by atoms with Crippen LogP contribution in [0, 0.1) is 5.92 Å². The number of nitrogens with one attached hydrogen (secondary N) is 1. The SMILES string of the molecule is COc1cc(Br)cc2c1C(NCC1CC1)CCC2(C)C. The van der Waals surface area contributed by atoms with Gasteiger partial charge in [-0.1, -0.05) is 29.8 Å². The van der Waals surface area contributed by atoms with Gasteiger partial charge in [0.05, 0.1) is 7.11 Å². The Kier molecular flexibility index (Phi) is 3.85. The maximum Gasteiger partial charge on any atom is 0.125 e. The second-order valence-electron chi connectivity index (χ2n) is 6.90. The summed E-state index contributed by atoms with van der Waals surface area (Å²) in [5, 5.41) is 3.78. The van der Waals surface area contributed by atoms with E-state index in [1.807, 2.05) is 0 Å². The van der Waals surface area contributed by atoms with Crippen molar-refractivity contribution in [1.29, 1.82) is 0 Å². The van der Waals surface area contributed by atoms with Gasteiger partial charge in [0.2, 0.25) is 0 Å². The summed E-state index contributed by atoms with van der Waals surface area (Å²) < 4.78 is 6.78. The van der Waals surface area contributed by atoms with Crippen molar-refractivity contribution < 1.29 is 4.74 Å². The molecule has 0 radical (unpaired) electrons. The number of methoxy groups -OCH3 is 1. The molecule has 2 aliphatic rings. The van der Waals surface area contributed by atoms with Crippen molar-refractivity contribution in [2.24, 2.45) is 5.92 Å². The number of hydrogen-bond donors (Lipinski definition) is 1. The van der Waals surface area contributed by atoms with Crippen LogP contribution >= 0.6 is 15.9 Å². The zero-order valence-electron chi connectivity index (χ0n) is 12.6. The van der Waals surface area contributed by atoms with Crippen LogP contribution in [0.15, 0.2) is 16.6 Å². The van der Waals surface area contributed by atoms with E-state index in [-0.39, 0.29) is 5.41 Å². The summed E-state index contributed by atoms with van der Waals surface area (Å²) in [5.74, 6) is 1.94. The molecule has 1 saturated carbocycles. The molecule has 2 nitrogen and oxygen atoms in total. The van der Waals surface area contributed by atoms with E-state index in [0.717, 1.165) is 22.7 Å². The number of benzene rings is 1. The normalized spacial score (nSPS) is 24.3. The molecule has 3 heteroatoms. The molecule has 0 heterocycles. The first-order valence-electron chi connectivity index (χ1n) is 7.62. The lowest BCUT2D eigenvalue weighted by molar-refractivity contribution is 0.334.